The number of fused-ring (bicyclic) bond motifs is 1. The second kappa shape index (κ2) is 6.06. The number of carboxylic acids is 1. The van der Waals surface area contributed by atoms with Crippen LogP contribution in [0, 0.1) is 5.82 Å². The highest BCUT2D eigenvalue weighted by molar-refractivity contribution is 8.00. The van der Waals surface area contributed by atoms with Crippen LogP contribution in [0.1, 0.15) is 11.1 Å². The Balaban J connectivity index is 1.93. The first-order chi connectivity index (χ1) is 9.06. The zero-order chi connectivity index (χ0) is 13.8. The molecule has 1 aliphatic heterocycles. The van der Waals surface area contributed by atoms with E-state index in [9.17, 15) is 14.0 Å². The molecule has 0 atom stereocenters. The summed E-state index contributed by atoms with van der Waals surface area (Å²) in [7, 11) is 0. The lowest BCUT2D eigenvalue weighted by atomic mass is 10.00. The number of rotatable bonds is 4. The van der Waals surface area contributed by atoms with Crippen LogP contribution < -0.4 is 0 Å². The van der Waals surface area contributed by atoms with E-state index in [4.69, 9.17) is 5.11 Å². The van der Waals surface area contributed by atoms with Gasteiger partial charge in [0.15, 0.2) is 0 Å². The summed E-state index contributed by atoms with van der Waals surface area (Å²) in [5.41, 5.74) is 1.91. The molecule has 0 unspecified atom stereocenters. The molecule has 0 saturated heterocycles. The van der Waals surface area contributed by atoms with Crippen molar-refractivity contribution in [3.8, 4) is 0 Å². The SMILES string of the molecule is O=C(O)CSCC(=O)N1CCc2ccc(F)cc2C1. The molecular weight excluding hydrogens is 269 g/mol. The Hall–Kier alpha value is -1.56. The van der Waals surface area contributed by atoms with Crippen molar-refractivity contribution in [3.05, 3.63) is 35.1 Å². The van der Waals surface area contributed by atoms with Gasteiger partial charge in [0.05, 0.1) is 11.5 Å². The lowest BCUT2D eigenvalue weighted by molar-refractivity contribution is -0.133. The van der Waals surface area contributed by atoms with Crippen molar-refractivity contribution < 1.29 is 19.1 Å². The molecule has 19 heavy (non-hydrogen) atoms. The number of halogens is 1. The van der Waals surface area contributed by atoms with E-state index in [0.29, 0.717) is 19.5 Å². The molecule has 0 spiro atoms. The molecule has 0 aromatic heterocycles. The first kappa shape index (κ1) is 13.9. The Morgan fingerprint density at radius 3 is 2.84 bits per heavy atom. The zero-order valence-corrected chi connectivity index (χ0v) is 11.1. The highest BCUT2D eigenvalue weighted by atomic mass is 32.2. The predicted molar refractivity (Wildman–Crippen MR) is 70.5 cm³/mol. The van der Waals surface area contributed by atoms with Gasteiger partial charge in [0.1, 0.15) is 5.82 Å². The van der Waals surface area contributed by atoms with Gasteiger partial charge in [-0.25, -0.2) is 4.39 Å². The third-order valence-electron chi connectivity index (χ3n) is 2.98. The number of hydrogen-bond acceptors (Lipinski definition) is 3. The summed E-state index contributed by atoms with van der Waals surface area (Å²) in [5.74, 6) is -1.25. The fourth-order valence-electron chi connectivity index (χ4n) is 2.06. The lowest BCUT2D eigenvalue weighted by Crippen LogP contribution is -2.37. The van der Waals surface area contributed by atoms with E-state index in [-0.39, 0.29) is 23.2 Å². The summed E-state index contributed by atoms with van der Waals surface area (Å²) in [6, 6.07) is 4.64. The smallest absolute Gasteiger partial charge is 0.313 e. The fraction of sp³-hybridized carbons (Fsp3) is 0.385. The van der Waals surface area contributed by atoms with Gasteiger partial charge in [0.25, 0.3) is 0 Å². The molecule has 1 aromatic rings. The summed E-state index contributed by atoms with van der Waals surface area (Å²) in [6.07, 6.45) is 0.713. The molecule has 0 bridgehead atoms. The largest absolute Gasteiger partial charge is 0.481 e. The second-order valence-electron chi connectivity index (χ2n) is 4.36. The van der Waals surface area contributed by atoms with Gasteiger partial charge in [-0.1, -0.05) is 6.07 Å². The van der Waals surface area contributed by atoms with Crippen LogP contribution in [-0.2, 0) is 22.6 Å². The van der Waals surface area contributed by atoms with E-state index in [1.807, 2.05) is 0 Å². The van der Waals surface area contributed by atoms with Crippen LogP contribution in [0.5, 0.6) is 0 Å². The summed E-state index contributed by atoms with van der Waals surface area (Å²) in [6.45, 7) is 1.00. The molecule has 1 aliphatic rings. The molecule has 1 aromatic carbocycles. The minimum atomic E-state index is -0.927. The molecule has 1 N–H and O–H groups in total. The van der Waals surface area contributed by atoms with E-state index in [1.54, 1.807) is 11.0 Å². The van der Waals surface area contributed by atoms with Crippen LogP contribution in [0.2, 0.25) is 0 Å². The molecule has 0 saturated carbocycles. The molecule has 4 nitrogen and oxygen atoms in total. The van der Waals surface area contributed by atoms with Crippen molar-refractivity contribution in [1.29, 1.82) is 0 Å². The molecule has 0 fully saturated rings. The van der Waals surface area contributed by atoms with Crippen LogP contribution in [0.15, 0.2) is 18.2 Å². The van der Waals surface area contributed by atoms with E-state index < -0.39 is 5.97 Å². The maximum absolute atomic E-state index is 13.1. The van der Waals surface area contributed by atoms with Crippen molar-refractivity contribution in [2.45, 2.75) is 13.0 Å². The van der Waals surface area contributed by atoms with Gasteiger partial charge in [0.2, 0.25) is 5.91 Å². The normalized spacial score (nSPS) is 14.1. The third-order valence-corrected chi connectivity index (χ3v) is 3.89. The molecule has 102 valence electrons. The molecule has 1 heterocycles. The van der Waals surface area contributed by atoms with E-state index in [2.05, 4.69) is 0 Å². The van der Waals surface area contributed by atoms with Gasteiger partial charge >= 0.3 is 5.97 Å². The highest BCUT2D eigenvalue weighted by Gasteiger charge is 2.20. The van der Waals surface area contributed by atoms with E-state index >= 15 is 0 Å². The molecule has 6 heteroatoms. The molecule has 2 rings (SSSR count). The minimum Gasteiger partial charge on any atom is -0.481 e. The first-order valence-corrected chi connectivity index (χ1v) is 7.06. The maximum atomic E-state index is 13.1. The van der Waals surface area contributed by atoms with E-state index in [1.165, 1.54) is 12.1 Å². The molecule has 0 radical (unpaired) electrons. The first-order valence-electron chi connectivity index (χ1n) is 5.91. The Morgan fingerprint density at radius 2 is 2.11 bits per heavy atom. The third kappa shape index (κ3) is 3.70. The van der Waals surface area contributed by atoms with Gasteiger partial charge in [-0.15, -0.1) is 11.8 Å². The van der Waals surface area contributed by atoms with E-state index in [0.717, 1.165) is 22.9 Å². The number of benzene rings is 1. The summed E-state index contributed by atoms with van der Waals surface area (Å²) < 4.78 is 13.1. The van der Waals surface area contributed by atoms with Crippen molar-refractivity contribution in [1.82, 2.24) is 4.90 Å². The topological polar surface area (TPSA) is 57.6 Å². The van der Waals surface area contributed by atoms with Crippen molar-refractivity contribution in [2.24, 2.45) is 0 Å². The zero-order valence-electron chi connectivity index (χ0n) is 10.3. The van der Waals surface area contributed by atoms with Gasteiger partial charge in [-0.3, -0.25) is 9.59 Å². The van der Waals surface area contributed by atoms with Crippen LogP contribution in [-0.4, -0.2) is 39.9 Å². The number of carbonyl (C=O) groups excluding carboxylic acids is 1. The molecular formula is C13H14FNO3S. The minimum absolute atomic E-state index is 0.0786. The fourth-order valence-corrected chi connectivity index (χ4v) is 2.69. The molecule has 0 aliphatic carbocycles. The Bertz CT molecular complexity index is 507. The van der Waals surface area contributed by atoms with Gasteiger partial charge in [-0.05, 0) is 29.7 Å². The summed E-state index contributed by atoms with van der Waals surface area (Å²) in [5, 5.41) is 8.51. The van der Waals surface area contributed by atoms with Gasteiger partial charge in [0, 0.05) is 13.1 Å². The number of carbonyl (C=O) groups is 2. The number of amides is 1. The number of hydrogen-bond donors (Lipinski definition) is 1. The van der Waals surface area contributed by atoms with Crippen molar-refractivity contribution in [3.63, 3.8) is 0 Å². The average Bonchev–Trinajstić information content (AvgIpc) is 2.37. The standard InChI is InChI=1S/C13H14FNO3S/c14-11-2-1-9-3-4-15(6-10(9)5-11)12(16)7-19-8-13(17)18/h1-2,5H,3-4,6-8H2,(H,17,18). The monoisotopic (exact) mass is 283 g/mol. The van der Waals surface area contributed by atoms with Crippen molar-refractivity contribution in [2.75, 3.05) is 18.1 Å². The number of thioether (sulfide) groups is 1. The maximum Gasteiger partial charge on any atom is 0.313 e. The number of aliphatic carboxylic acids is 1. The highest BCUT2D eigenvalue weighted by Crippen LogP contribution is 2.20. The van der Waals surface area contributed by atoms with Gasteiger partial charge < -0.3 is 10.0 Å². The summed E-state index contributed by atoms with van der Waals surface area (Å²) in [4.78, 5) is 23.9. The van der Waals surface area contributed by atoms with Crippen LogP contribution in [0.25, 0.3) is 0 Å². The second-order valence-corrected chi connectivity index (χ2v) is 5.35. The Labute approximate surface area is 114 Å². The van der Waals surface area contributed by atoms with Crippen molar-refractivity contribution >= 4 is 23.6 Å². The lowest BCUT2D eigenvalue weighted by Gasteiger charge is -2.28. The number of nitrogens with zero attached hydrogens (tertiary/aromatic N) is 1. The quantitative estimate of drug-likeness (QED) is 0.910. The van der Waals surface area contributed by atoms with Crippen LogP contribution >= 0.6 is 11.8 Å². The van der Waals surface area contributed by atoms with Crippen LogP contribution in [0.3, 0.4) is 0 Å². The Kier molecular flexibility index (Phi) is 4.42. The molecule has 1 amide bonds. The van der Waals surface area contributed by atoms with Gasteiger partial charge in [-0.2, -0.15) is 0 Å². The Morgan fingerprint density at radius 1 is 1.32 bits per heavy atom. The number of carboxylic acid groups (broad SMARTS) is 1. The average molecular weight is 283 g/mol. The predicted octanol–water partition coefficient (Wildman–Crippen LogP) is 1.53. The summed E-state index contributed by atoms with van der Waals surface area (Å²) >= 11 is 1.08. The van der Waals surface area contributed by atoms with Crippen LogP contribution in [0.4, 0.5) is 4.39 Å².